The zero-order valence-corrected chi connectivity index (χ0v) is 12.6. The summed E-state index contributed by atoms with van der Waals surface area (Å²) in [5.74, 6) is 0. The number of benzene rings is 2. The number of hydrogen-bond donors (Lipinski definition) is 1. The topological polar surface area (TPSA) is 12.0 Å². The van der Waals surface area contributed by atoms with Crippen molar-refractivity contribution in [1.29, 1.82) is 0 Å². The van der Waals surface area contributed by atoms with Gasteiger partial charge in [-0.05, 0) is 37.1 Å². The zero-order chi connectivity index (χ0) is 14.4. The van der Waals surface area contributed by atoms with E-state index in [9.17, 15) is 0 Å². The van der Waals surface area contributed by atoms with Gasteiger partial charge in [-0.1, -0.05) is 73.2 Å². The lowest BCUT2D eigenvalue weighted by Crippen LogP contribution is -2.26. The number of rotatable bonds is 5. The van der Waals surface area contributed by atoms with E-state index in [0.29, 0.717) is 6.04 Å². The van der Waals surface area contributed by atoms with Gasteiger partial charge in [0.2, 0.25) is 0 Å². The van der Waals surface area contributed by atoms with E-state index >= 15 is 0 Å². The first kappa shape index (κ1) is 14.5. The summed E-state index contributed by atoms with van der Waals surface area (Å²) in [5.41, 5.74) is 5.15. The monoisotopic (exact) mass is 265 g/mol. The van der Waals surface area contributed by atoms with Crippen molar-refractivity contribution >= 4 is 6.08 Å². The van der Waals surface area contributed by atoms with Gasteiger partial charge in [-0.15, -0.1) is 0 Å². The molecule has 0 heterocycles. The highest BCUT2D eigenvalue weighted by atomic mass is 14.9. The molecule has 1 atom stereocenters. The van der Waals surface area contributed by atoms with Gasteiger partial charge in [0.15, 0.2) is 0 Å². The molecule has 0 saturated heterocycles. The minimum atomic E-state index is 0.425. The standard InChI is InChI=1S/C19H23N/c1-4-20-16(3)15(2)14-17-10-12-19(13-11-17)18-8-6-5-7-9-18/h5-14,16,20H,4H2,1-3H3/b15-14+. The first-order valence-corrected chi connectivity index (χ1v) is 7.27. The zero-order valence-electron chi connectivity index (χ0n) is 12.6. The molecule has 1 unspecified atom stereocenters. The van der Waals surface area contributed by atoms with Crippen molar-refractivity contribution in [1.82, 2.24) is 5.32 Å². The Morgan fingerprint density at radius 1 is 1.00 bits per heavy atom. The predicted octanol–water partition coefficient (Wildman–Crippen LogP) is 4.75. The van der Waals surface area contributed by atoms with Crippen molar-refractivity contribution in [3.05, 3.63) is 65.7 Å². The molecule has 1 heteroatoms. The van der Waals surface area contributed by atoms with Crippen LogP contribution >= 0.6 is 0 Å². The maximum atomic E-state index is 3.43. The number of likely N-dealkylation sites (N-methyl/N-ethyl adjacent to an activating group) is 1. The summed E-state index contributed by atoms with van der Waals surface area (Å²) in [4.78, 5) is 0. The molecule has 2 aromatic rings. The van der Waals surface area contributed by atoms with Crippen LogP contribution in [0.15, 0.2) is 60.2 Å². The Bertz CT molecular complexity index is 552. The Labute approximate surface area is 122 Å². The molecule has 20 heavy (non-hydrogen) atoms. The van der Waals surface area contributed by atoms with Crippen LogP contribution in [0.3, 0.4) is 0 Å². The van der Waals surface area contributed by atoms with Gasteiger partial charge in [0, 0.05) is 6.04 Å². The molecule has 2 aromatic carbocycles. The van der Waals surface area contributed by atoms with Crippen LogP contribution in [-0.4, -0.2) is 12.6 Å². The normalized spacial score (nSPS) is 13.2. The number of hydrogen-bond acceptors (Lipinski definition) is 1. The Kier molecular flexibility index (Phi) is 5.14. The van der Waals surface area contributed by atoms with Crippen LogP contribution in [0.4, 0.5) is 0 Å². The van der Waals surface area contributed by atoms with Crippen molar-refractivity contribution in [2.75, 3.05) is 6.54 Å². The third kappa shape index (κ3) is 3.82. The van der Waals surface area contributed by atoms with Gasteiger partial charge < -0.3 is 5.32 Å². The largest absolute Gasteiger partial charge is 0.311 e. The van der Waals surface area contributed by atoms with Gasteiger partial charge in [0.1, 0.15) is 0 Å². The van der Waals surface area contributed by atoms with E-state index in [1.54, 1.807) is 0 Å². The molecule has 0 aliphatic carbocycles. The molecule has 0 radical (unpaired) electrons. The van der Waals surface area contributed by atoms with Gasteiger partial charge in [-0.25, -0.2) is 0 Å². The van der Waals surface area contributed by atoms with Crippen molar-refractivity contribution < 1.29 is 0 Å². The smallest absolute Gasteiger partial charge is 0.0251 e. The Balaban J connectivity index is 2.15. The van der Waals surface area contributed by atoms with E-state index in [1.165, 1.54) is 22.3 Å². The Hall–Kier alpha value is -1.86. The molecule has 0 saturated carbocycles. The van der Waals surface area contributed by atoms with Gasteiger partial charge in [0.25, 0.3) is 0 Å². The van der Waals surface area contributed by atoms with Crippen molar-refractivity contribution in [2.45, 2.75) is 26.8 Å². The van der Waals surface area contributed by atoms with Crippen molar-refractivity contribution in [3.8, 4) is 11.1 Å². The molecule has 0 amide bonds. The summed E-state index contributed by atoms with van der Waals surface area (Å²) in [6.07, 6.45) is 2.25. The second kappa shape index (κ2) is 7.06. The molecule has 0 spiro atoms. The molecule has 1 N–H and O–H groups in total. The van der Waals surface area contributed by atoms with Crippen molar-refractivity contribution in [2.24, 2.45) is 0 Å². The minimum absolute atomic E-state index is 0.425. The fourth-order valence-corrected chi connectivity index (χ4v) is 2.26. The van der Waals surface area contributed by atoms with E-state index in [4.69, 9.17) is 0 Å². The summed E-state index contributed by atoms with van der Waals surface area (Å²) < 4.78 is 0. The Morgan fingerprint density at radius 3 is 2.20 bits per heavy atom. The van der Waals surface area contributed by atoms with Gasteiger partial charge in [-0.2, -0.15) is 0 Å². The molecule has 104 valence electrons. The Morgan fingerprint density at radius 2 is 1.60 bits per heavy atom. The maximum Gasteiger partial charge on any atom is 0.0251 e. The lowest BCUT2D eigenvalue weighted by molar-refractivity contribution is 0.636. The third-order valence-corrected chi connectivity index (χ3v) is 3.61. The van der Waals surface area contributed by atoms with Crippen LogP contribution in [0.25, 0.3) is 17.2 Å². The maximum absolute atomic E-state index is 3.43. The van der Waals surface area contributed by atoms with Gasteiger partial charge in [0.05, 0.1) is 0 Å². The first-order valence-electron chi connectivity index (χ1n) is 7.27. The molecular weight excluding hydrogens is 242 g/mol. The second-order valence-electron chi connectivity index (χ2n) is 5.16. The lowest BCUT2D eigenvalue weighted by Gasteiger charge is -2.13. The van der Waals surface area contributed by atoms with Crippen LogP contribution in [0.2, 0.25) is 0 Å². The van der Waals surface area contributed by atoms with E-state index in [0.717, 1.165) is 6.54 Å². The number of nitrogens with one attached hydrogen (secondary N) is 1. The van der Waals surface area contributed by atoms with Crippen LogP contribution in [0.5, 0.6) is 0 Å². The summed E-state index contributed by atoms with van der Waals surface area (Å²) >= 11 is 0. The average molecular weight is 265 g/mol. The van der Waals surface area contributed by atoms with E-state index < -0.39 is 0 Å². The highest BCUT2D eigenvalue weighted by molar-refractivity contribution is 5.66. The van der Waals surface area contributed by atoms with Crippen molar-refractivity contribution in [3.63, 3.8) is 0 Å². The van der Waals surface area contributed by atoms with E-state index in [-0.39, 0.29) is 0 Å². The molecule has 0 aliphatic rings. The van der Waals surface area contributed by atoms with Crippen LogP contribution in [-0.2, 0) is 0 Å². The quantitative estimate of drug-likeness (QED) is 0.822. The van der Waals surface area contributed by atoms with Gasteiger partial charge >= 0.3 is 0 Å². The fourth-order valence-electron chi connectivity index (χ4n) is 2.26. The summed E-state index contributed by atoms with van der Waals surface area (Å²) in [6.45, 7) is 7.52. The molecule has 2 rings (SSSR count). The summed E-state index contributed by atoms with van der Waals surface area (Å²) in [6, 6.07) is 19.7. The molecule has 0 bridgehead atoms. The van der Waals surface area contributed by atoms with Crippen LogP contribution < -0.4 is 5.32 Å². The molecule has 0 aromatic heterocycles. The molecule has 0 fully saturated rings. The lowest BCUT2D eigenvalue weighted by atomic mass is 10.0. The molecule has 0 aliphatic heterocycles. The minimum Gasteiger partial charge on any atom is -0.311 e. The van der Waals surface area contributed by atoms with E-state index in [1.807, 2.05) is 6.07 Å². The average Bonchev–Trinajstić information content (AvgIpc) is 2.49. The summed E-state index contributed by atoms with van der Waals surface area (Å²) in [5, 5.41) is 3.43. The summed E-state index contributed by atoms with van der Waals surface area (Å²) in [7, 11) is 0. The van der Waals surface area contributed by atoms with Crippen LogP contribution in [0.1, 0.15) is 26.3 Å². The highest BCUT2D eigenvalue weighted by Gasteiger charge is 2.02. The SMILES string of the molecule is CCNC(C)/C(C)=C/c1ccc(-c2ccccc2)cc1. The second-order valence-corrected chi connectivity index (χ2v) is 5.16. The first-order chi connectivity index (χ1) is 9.70. The fraction of sp³-hybridized carbons (Fsp3) is 0.263. The highest BCUT2D eigenvalue weighted by Crippen LogP contribution is 2.20. The predicted molar refractivity (Wildman–Crippen MR) is 88.7 cm³/mol. The van der Waals surface area contributed by atoms with Crippen LogP contribution in [0, 0.1) is 0 Å². The third-order valence-electron chi connectivity index (χ3n) is 3.61. The molecule has 1 nitrogen and oxygen atoms in total. The molecular formula is C19H23N. The van der Waals surface area contributed by atoms with E-state index in [2.05, 4.69) is 80.7 Å². The van der Waals surface area contributed by atoms with Gasteiger partial charge in [-0.3, -0.25) is 0 Å².